The van der Waals surface area contributed by atoms with Crippen LogP contribution in [-0.4, -0.2) is 5.78 Å². The van der Waals surface area contributed by atoms with Gasteiger partial charge >= 0.3 is 0 Å². The Labute approximate surface area is 130 Å². The van der Waals surface area contributed by atoms with Crippen molar-refractivity contribution in [1.82, 2.24) is 0 Å². The number of hydrogen-bond acceptors (Lipinski definition) is 2. The number of benzene rings is 2. The van der Waals surface area contributed by atoms with Gasteiger partial charge in [-0.1, -0.05) is 46.4 Å². The van der Waals surface area contributed by atoms with E-state index in [1.807, 2.05) is 0 Å². The van der Waals surface area contributed by atoms with Crippen LogP contribution >= 0.6 is 46.4 Å². The van der Waals surface area contributed by atoms with Crippen molar-refractivity contribution in [3.63, 3.8) is 0 Å². The maximum Gasteiger partial charge on any atom is 0.196 e. The van der Waals surface area contributed by atoms with Gasteiger partial charge in [0.15, 0.2) is 5.78 Å². The molecule has 6 heteroatoms. The molecule has 2 aromatic rings. The highest BCUT2D eigenvalue weighted by molar-refractivity contribution is 6.45. The summed E-state index contributed by atoms with van der Waals surface area (Å²) in [6.07, 6.45) is 0. The Bertz CT molecular complexity index is 670. The second kappa shape index (κ2) is 5.59. The van der Waals surface area contributed by atoms with Crippen molar-refractivity contribution in [2.24, 2.45) is 0 Å². The lowest BCUT2D eigenvalue weighted by Crippen LogP contribution is -2.04. The molecule has 0 aliphatic rings. The fraction of sp³-hybridized carbons (Fsp3) is 0. The second-order valence-electron chi connectivity index (χ2n) is 3.82. The third kappa shape index (κ3) is 2.98. The van der Waals surface area contributed by atoms with Crippen molar-refractivity contribution in [1.29, 1.82) is 0 Å². The minimum absolute atomic E-state index is 0.145. The van der Waals surface area contributed by atoms with Gasteiger partial charge in [-0.3, -0.25) is 4.79 Å². The Balaban J connectivity index is 2.56. The number of carbonyl (C=O) groups is 1. The van der Waals surface area contributed by atoms with Crippen LogP contribution in [0, 0.1) is 0 Å². The average Bonchev–Trinajstić information content (AvgIpc) is 2.33. The largest absolute Gasteiger partial charge is 0.399 e. The van der Waals surface area contributed by atoms with Crippen molar-refractivity contribution in [3.05, 3.63) is 61.5 Å². The molecule has 98 valence electrons. The first-order chi connectivity index (χ1) is 8.90. The molecule has 0 fully saturated rings. The maximum atomic E-state index is 12.4. The van der Waals surface area contributed by atoms with E-state index in [1.54, 1.807) is 6.07 Å². The Morgan fingerprint density at radius 3 is 2.21 bits per heavy atom. The highest BCUT2D eigenvalue weighted by atomic mass is 35.5. The fourth-order valence-electron chi connectivity index (χ4n) is 1.59. The summed E-state index contributed by atoms with van der Waals surface area (Å²) in [4.78, 5) is 12.4. The van der Waals surface area contributed by atoms with Gasteiger partial charge in [0.2, 0.25) is 0 Å². The van der Waals surface area contributed by atoms with Crippen LogP contribution in [0.3, 0.4) is 0 Å². The summed E-state index contributed by atoms with van der Waals surface area (Å²) in [5.74, 6) is -0.360. The lowest BCUT2D eigenvalue weighted by atomic mass is 10.0. The van der Waals surface area contributed by atoms with E-state index in [2.05, 4.69) is 0 Å². The number of carbonyl (C=O) groups excluding carboxylic acids is 1. The molecule has 0 amide bonds. The van der Waals surface area contributed by atoms with Gasteiger partial charge in [0.05, 0.1) is 15.1 Å². The van der Waals surface area contributed by atoms with Crippen molar-refractivity contribution in [2.75, 3.05) is 5.73 Å². The molecule has 2 N–H and O–H groups in total. The smallest absolute Gasteiger partial charge is 0.196 e. The van der Waals surface area contributed by atoms with E-state index in [4.69, 9.17) is 52.1 Å². The molecular formula is C13H7Cl4NO. The van der Waals surface area contributed by atoms with Crippen LogP contribution in [0.5, 0.6) is 0 Å². The summed E-state index contributed by atoms with van der Waals surface area (Å²) < 4.78 is 0. The van der Waals surface area contributed by atoms with Gasteiger partial charge in [-0.2, -0.15) is 0 Å². The highest BCUT2D eigenvalue weighted by Crippen LogP contribution is 2.32. The summed E-state index contributed by atoms with van der Waals surface area (Å²) in [5, 5.41) is 1.05. The van der Waals surface area contributed by atoms with Crippen LogP contribution in [0.15, 0.2) is 30.3 Å². The lowest BCUT2D eigenvalue weighted by molar-refractivity contribution is 0.103. The molecular weight excluding hydrogens is 328 g/mol. The van der Waals surface area contributed by atoms with Crippen LogP contribution in [0.4, 0.5) is 5.69 Å². The second-order valence-corrected chi connectivity index (χ2v) is 5.45. The van der Waals surface area contributed by atoms with Crippen LogP contribution in [0.25, 0.3) is 0 Å². The molecule has 2 rings (SSSR count). The van der Waals surface area contributed by atoms with Gasteiger partial charge in [0, 0.05) is 21.8 Å². The monoisotopic (exact) mass is 333 g/mol. The first-order valence-corrected chi connectivity index (χ1v) is 6.65. The molecule has 19 heavy (non-hydrogen) atoms. The predicted molar refractivity (Wildman–Crippen MR) is 80.8 cm³/mol. The minimum Gasteiger partial charge on any atom is -0.399 e. The molecule has 2 aromatic carbocycles. The Morgan fingerprint density at radius 2 is 1.58 bits per heavy atom. The zero-order valence-electron chi connectivity index (χ0n) is 9.38. The molecule has 0 atom stereocenters. The molecule has 0 aliphatic carbocycles. The van der Waals surface area contributed by atoms with E-state index in [0.29, 0.717) is 10.7 Å². The molecule has 0 radical (unpaired) electrons. The molecule has 0 saturated heterocycles. The number of halogens is 4. The van der Waals surface area contributed by atoms with E-state index >= 15 is 0 Å². The normalized spacial score (nSPS) is 10.5. The standard InChI is InChI=1S/C13H7Cl4NO/c14-6-1-2-8(10(15)3-6)13(19)9-4-7(18)5-11(16)12(9)17/h1-5H,18H2. The zero-order valence-corrected chi connectivity index (χ0v) is 12.4. The molecule has 0 bridgehead atoms. The molecule has 0 unspecified atom stereocenters. The van der Waals surface area contributed by atoms with E-state index in [1.165, 1.54) is 24.3 Å². The third-order valence-corrected chi connectivity index (χ3v) is 3.82. The van der Waals surface area contributed by atoms with E-state index in [9.17, 15) is 4.79 Å². The van der Waals surface area contributed by atoms with Crippen LogP contribution in [-0.2, 0) is 0 Å². The Morgan fingerprint density at radius 1 is 0.895 bits per heavy atom. The van der Waals surface area contributed by atoms with Gasteiger partial charge in [-0.05, 0) is 30.3 Å². The molecule has 0 aliphatic heterocycles. The first-order valence-electron chi connectivity index (χ1n) is 5.14. The van der Waals surface area contributed by atoms with Gasteiger partial charge in [0.1, 0.15) is 0 Å². The Hall–Kier alpha value is -0.930. The summed E-state index contributed by atoms with van der Waals surface area (Å²) in [6.45, 7) is 0. The van der Waals surface area contributed by atoms with Gasteiger partial charge in [-0.25, -0.2) is 0 Å². The van der Waals surface area contributed by atoms with Gasteiger partial charge in [0.25, 0.3) is 0 Å². The van der Waals surface area contributed by atoms with Gasteiger partial charge < -0.3 is 5.73 Å². The number of nitrogens with two attached hydrogens (primary N) is 1. The van der Waals surface area contributed by atoms with Crippen LogP contribution < -0.4 is 5.73 Å². The summed E-state index contributed by atoms with van der Waals surface area (Å²) in [7, 11) is 0. The Kier molecular flexibility index (Phi) is 4.26. The fourth-order valence-corrected chi connectivity index (χ4v) is 2.51. The van der Waals surface area contributed by atoms with Crippen molar-refractivity contribution >= 4 is 57.9 Å². The van der Waals surface area contributed by atoms with E-state index in [0.717, 1.165) is 0 Å². The number of anilines is 1. The van der Waals surface area contributed by atoms with Crippen molar-refractivity contribution in [3.8, 4) is 0 Å². The zero-order chi connectivity index (χ0) is 14.2. The predicted octanol–water partition coefficient (Wildman–Crippen LogP) is 5.11. The molecule has 2 nitrogen and oxygen atoms in total. The van der Waals surface area contributed by atoms with Crippen molar-refractivity contribution in [2.45, 2.75) is 0 Å². The topological polar surface area (TPSA) is 43.1 Å². The summed E-state index contributed by atoms with van der Waals surface area (Å²) in [6, 6.07) is 7.52. The van der Waals surface area contributed by atoms with Crippen molar-refractivity contribution < 1.29 is 4.79 Å². The number of rotatable bonds is 2. The molecule has 0 saturated carbocycles. The first kappa shape index (κ1) is 14.5. The number of nitrogen functional groups attached to an aromatic ring is 1. The summed E-state index contributed by atoms with van der Waals surface area (Å²) in [5.41, 5.74) is 6.50. The van der Waals surface area contributed by atoms with Crippen LogP contribution in [0.1, 0.15) is 15.9 Å². The van der Waals surface area contributed by atoms with E-state index in [-0.39, 0.29) is 32.0 Å². The maximum absolute atomic E-state index is 12.4. The lowest BCUT2D eigenvalue weighted by Gasteiger charge is -2.08. The third-order valence-electron chi connectivity index (χ3n) is 2.47. The number of hydrogen-bond donors (Lipinski definition) is 1. The van der Waals surface area contributed by atoms with E-state index < -0.39 is 0 Å². The molecule has 0 spiro atoms. The van der Waals surface area contributed by atoms with Crippen LogP contribution in [0.2, 0.25) is 20.1 Å². The quantitative estimate of drug-likeness (QED) is 0.612. The SMILES string of the molecule is Nc1cc(Cl)c(Cl)c(C(=O)c2ccc(Cl)cc2Cl)c1. The highest BCUT2D eigenvalue weighted by Gasteiger charge is 2.18. The van der Waals surface area contributed by atoms with Gasteiger partial charge in [-0.15, -0.1) is 0 Å². The molecule has 0 aromatic heterocycles. The number of ketones is 1. The average molecular weight is 335 g/mol. The molecule has 0 heterocycles. The summed E-state index contributed by atoms with van der Waals surface area (Å²) >= 11 is 23.7. The minimum atomic E-state index is -0.360.